The molecule has 234 valence electrons. The van der Waals surface area contributed by atoms with Gasteiger partial charge in [0.1, 0.15) is 11.2 Å². The van der Waals surface area contributed by atoms with E-state index in [0.717, 1.165) is 43.2 Å². The van der Waals surface area contributed by atoms with Crippen LogP contribution in [-0.4, -0.2) is 15.0 Å². The molecule has 3 aromatic heterocycles. The van der Waals surface area contributed by atoms with E-state index in [0.29, 0.717) is 33.1 Å². The summed E-state index contributed by atoms with van der Waals surface area (Å²) < 4.78 is 92.7. The summed E-state index contributed by atoms with van der Waals surface area (Å²) in [5, 5.41) is 3.24. The fourth-order valence-electron chi connectivity index (χ4n) is 6.34. The van der Waals surface area contributed by atoms with Crippen LogP contribution in [-0.2, 0) is 0 Å². The molecule has 0 unspecified atom stereocenters. The lowest BCUT2D eigenvalue weighted by Gasteiger charge is -2.09. The summed E-state index contributed by atoms with van der Waals surface area (Å²) in [5.74, 6) is 1.33. The van der Waals surface area contributed by atoms with Gasteiger partial charge in [0.25, 0.3) is 0 Å². The zero-order chi connectivity index (χ0) is 41.7. The number of benzene rings is 7. The largest absolute Gasteiger partial charge is 0.456 e. The molecule has 4 nitrogen and oxygen atoms in total. The second-order valence-electron chi connectivity index (χ2n) is 11.7. The average molecular weight is 668 g/mol. The van der Waals surface area contributed by atoms with E-state index in [1.165, 1.54) is 11.3 Å². The van der Waals surface area contributed by atoms with E-state index >= 15 is 0 Å². The topological polar surface area (TPSA) is 51.8 Å². The van der Waals surface area contributed by atoms with Gasteiger partial charge in [-0.05, 0) is 59.2 Å². The quantitative estimate of drug-likeness (QED) is 0.183. The van der Waals surface area contributed by atoms with Gasteiger partial charge in [0.2, 0.25) is 0 Å². The van der Waals surface area contributed by atoms with E-state index in [4.69, 9.17) is 33.1 Å². The van der Waals surface area contributed by atoms with Crippen molar-refractivity contribution in [1.29, 1.82) is 0 Å². The van der Waals surface area contributed by atoms with Crippen molar-refractivity contribution < 1.29 is 18.1 Å². The Morgan fingerprint density at radius 1 is 0.440 bits per heavy atom. The SMILES string of the molecule is [2H]c1c([2H])c([2H])c(-c2cc(-c3c([2H])c([2H])c([2H])c([2H])c3[2H])c3sc4cc(-c5nc(-c6ccccc6)nc(-c6ccc7oc8ccccc8c7c6)n5)ccc4c3c2)c([2H])c1[2H]. The van der Waals surface area contributed by atoms with Crippen LogP contribution < -0.4 is 0 Å². The summed E-state index contributed by atoms with van der Waals surface area (Å²) in [4.78, 5) is 14.9. The summed E-state index contributed by atoms with van der Waals surface area (Å²) in [7, 11) is 0. The molecule has 0 aliphatic heterocycles. The van der Waals surface area contributed by atoms with Crippen LogP contribution in [0.4, 0.5) is 0 Å². The number of furan rings is 1. The highest BCUT2D eigenvalue weighted by Crippen LogP contribution is 2.44. The molecule has 10 rings (SSSR count). The summed E-state index contributed by atoms with van der Waals surface area (Å²) in [5.41, 5.74) is 4.12. The minimum absolute atomic E-state index is 0.0658. The van der Waals surface area contributed by atoms with Crippen LogP contribution in [0.15, 0.2) is 168 Å². The third kappa shape index (κ3) is 4.87. The van der Waals surface area contributed by atoms with Gasteiger partial charge in [0.15, 0.2) is 17.5 Å². The Hall–Kier alpha value is -6.43. The van der Waals surface area contributed by atoms with Crippen molar-refractivity contribution in [3.05, 3.63) is 164 Å². The number of para-hydroxylation sites is 1. The highest BCUT2D eigenvalue weighted by Gasteiger charge is 2.18. The van der Waals surface area contributed by atoms with Crippen molar-refractivity contribution in [2.75, 3.05) is 0 Å². The minimum Gasteiger partial charge on any atom is -0.456 e. The van der Waals surface area contributed by atoms with E-state index in [2.05, 4.69) is 0 Å². The summed E-state index contributed by atoms with van der Waals surface area (Å²) >= 11 is 1.34. The van der Waals surface area contributed by atoms with Crippen molar-refractivity contribution in [3.63, 3.8) is 0 Å². The standard InChI is InChI=1S/C45H27N3OS/c1-4-12-28(13-5-1)33-25-36(29-14-6-2-7-15-29)42-38(26-33)35-22-20-32(27-41(35)50-42)45-47-43(30-16-8-3-9-17-30)46-44(48-45)31-21-23-40-37(24-31)34-18-10-11-19-39(34)49-40/h1-27H/i1D,2D,4D,5D,6D,7D,12D,13D,14D,15D. The Morgan fingerprint density at radius 2 is 1.06 bits per heavy atom. The third-order valence-corrected chi connectivity index (χ3v) is 9.89. The van der Waals surface area contributed by atoms with Crippen molar-refractivity contribution in [1.82, 2.24) is 15.0 Å². The van der Waals surface area contributed by atoms with Crippen LogP contribution in [0.2, 0.25) is 0 Å². The maximum Gasteiger partial charge on any atom is 0.164 e. The molecule has 10 aromatic rings. The number of hydrogen-bond acceptors (Lipinski definition) is 5. The zero-order valence-corrected chi connectivity index (χ0v) is 26.8. The maximum absolute atomic E-state index is 8.89. The zero-order valence-electron chi connectivity index (χ0n) is 36.0. The fraction of sp³-hybridized carbons (Fsp3) is 0. The lowest BCUT2D eigenvalue weighted by molar-refractivity contribution is 0.669. The van der Waals surface area contributed by atoms with Crippen LogP contribution in [0.25, 0.3) is 98.5 Å². The summed E-state index contributed by atoms with van der Waals surface area (Å²) in [6.45, 7) is 0. The van der Waals surface area contributed by atoms with Gasteiger partial charge in [-0.1, -0.05) is 121 Å². The summed E-state index contributed by atoms with van der Waals surface area (Å²) in [6, 6.07) is 27.4. The number of nitrogens with zero attached hydrogens (tertiary/aromatic N) is 3. The maximum atomic E-state index is 8.89. The van der Waals surface area contributed by atoms with Crippen LogP contribution >= 0.6 is 11.3 Å². The first-order valence-corrected chi connectivity index (χ1v) is 16.6. The first kappa shape index (κ1) is 20.2. The van der Waals surface area contributed by atoms with Gasteiger partial charge >= 0.3 is 0 Å². The van der Waals surface area contributed by atoms with Gasteiger partial charge in [0.05, 0.1) is 13.7 Å². The van der Waals surface area contributed by atoms with Crippen molar-refractivity contribution in [2.24, 2.45) is 0 Å². The molecule has 50 heavy (non-hydrogen) atoms. The molecule has 0 spiro atoms. The lowest BCUT2D eigenvalue weighted by Crippen LogP contribution is -2.00. The van der Waals surface area contributed by atoms with Crippen LogP contribution in [0, 0.1) is 0 Å². The molecular weight excluding hydrogens is 631 g/mol. The van der Waals surface area contributed by atoms with Crippen LogP contribution in [0.3, 0.4) is 0 Å². The van der Waals surface area contributed by atoms with E-state index in [9.17, 15) is 0 Å². The normalized spacial score (nSPS) is 14.4. The molecule has 0 N–H and O–H groups in total. The Balaban J connectivity index is 1.21. The molecule has 0 saturated carbocycles. The molecular formula is C45H27N3OS. The van der Waals surface area contributed by atoms with Crippen LogP contribution in [0.5, 0.6) is 0 Å². The van der Waals surface area contributed by atoms with E-state index < -0.39 is 60.4 Å². The molecule has 0 atom stereocenters. The minimum atomic E-state index is -0.544. The second-order valence-corrected chi connectivity index (χ2v) is 12.7. The summed E-state index contributed by atoms with van der Waals surface area (Å²) in [6.07, 6.45) is 0. The Morgan fingerprint density at radius 3 is 1.84 bits per heavy atom. The van der Waals surface area contributed by atoms with Gasteiger partial charge in [-0.2, -0.15) is 0 Å². The first-order valence-electron chi connectivity index (χ1n) is 20.8. The highest BCUT2D eigenvalue weighted by atomic mass is 32.1. The number of thiophene rings is 1. The molecule has 0 bridgehead atoms. The Labute approximate surface area is 306 Å². The first-order chi connectivity index (χ1) is 28.9. The Kier molecular flexibility index (Phi) is 4.69. The molecule has 0 amide bonds. The molecule has 3 heterocycles. The van der Waals surface area contributed by atoms with E-state index in [-0.39, 0.29) is 22.3 Å². The number of fused-ring (bicyclic) bond motifs is 6. The smallest absolute Gasteiger partial charge is 0.164 e. The van der Waals surface area contributed by atoms with Crippen LogP contribution in [0.1, 0.15) is 13.7 Å². The Bertz CT molecular complexity index is 3400. The van der Waals surface area contributed by atoms with Gasteiger partial charge in [-0.3, -0.25) is 0 Å². The van der Waals surface area contributed by atoms with E-state index in [1.54, 1.807) is 12.1 Å². The van der Waals surface area contributed by atoms with Gasteiger partial charge < -0.3 is 4.42 Å². The predicted molar refractivity (Wildman–Crippen MR) is 207 cm³/mol. The molecule has 0 aliphatic rings. The van der Waals surface area contributed by atoms with Crippen molar-refractivity contribution in [3.8, 4) is 56.4 Å². The van der Waals surface area contributed by atoms with Crippen molar-refractivity contribution in [2.45, 2.75) is 0 Å². The van der Waals surface area contributed by atoms with Gasteiger partial charge in [0, 0.05) is 53.2 Å². The monoisotopic (exact) mass is 667 g/mol. The molecule has 5 heteroatoms. The molecule has 0 saturated heterocycles. The van der Waals surface area contributed by atoms with Gasteiger partial charge in [-0.25, -0.2) is 15.0 Å². The van der Waals surface area contributed by atoms with E-state index in [1.807, 2.05) is 91.0 Å². The third-order valence-electron chi connectivity index (χ3n) is 8.69. The lowest BCUT2D eigenvalue weighted by atomic mass is 9.96. The molecule has 7 aromatic carbocycles. The van der Waals surface area contributed by atoms with Crippen molar-refractivity contribution >= 4 is 53.4 Å². The molecule has 0 fully saturated rings. The second kappa shape index (κ2) is 11.6. The van der Waals surface area contributed by atoms with Gasteiger partial charge in [-0.15, -0.1) is 11.3 Å². The average Bonchev–Trinajstić information content (AvgIpc) is 3.84. The fourth-order valence-corrected chi connectivity index (χ4v) is 7.59. The number of hydrogen-bond donors (Lipinski definition) is 0. The predicted octanol–water partition coefficient (Wildman–Crippen LogP) is 12.5. The highest BCUT2D eigenvalue weighted by molar-refractivity contribution is 7.26. The number of rotatable bonds is 5. The molecule has 0 radical (unpaired) electrons. The number of aromatic nitrogens is 3. The molecule has 0 aliphatic carbocycles.